The van der Waals surface area contributed by atoms with Gasteiger partial charge in [0.1, 0.15) is 0 Å². The van der Waals surface area contributed by atoms with Crippen molar-refractivity contribution in [2.75, 3.05) is 11.9 Å². The van der Waals surface area contributed by atoms with Gasteiger partial charge >= 0.3 is 0 Å². The van der Waals surface area contributed by atoms with Gasteiger partial charge < -0.3 is 20.1 Å². The smallest absolute Gasteiger partial charge is 0.226 e. The number of carbonyl (C=O) groups is 1. The summed E-state index contributed by atoms with van der Waals surface area (Å²) in [5.41, 5.74) is 6.98. The molecule has 8 heteroatoms. The third-order valence-electron chi connectivity index (χ3n) is 6.96. The van der Waals surface area contributed by atoms with Gasteiger partial charge in [-0.3, -0.25) is 9.78 Å². The minimum absolute atomic E-state index is 0.0556. The second-order valence-corrected chi connectivity index (χ2v) is 10.4. The molecule has 0 saturated carbocycles. The zero-order chi connectivity index (χ0) is 26.8. The maximum absolute atomic E-state index is 12.9. The van der Waals surface area contributed by atoms with Crippen LogP contribution in [0.15, 0.2) is 79.0 Å². The molecule has 0 unspecified atom stereocenters. The molecule has 38 heavy (non-hydrogen) atoms. The van der Waals surface area contributed by atoms with Gasteiger partial charge in [0.05, 0.1) is 28.5 Å². The largest absolute Gasteiger partial charge is 0.352 e. The molecule has 0 bridgehead atoms. The Bertz CT molecular complexity index is 1490. The third kappa shape index (κ3) is 5.17. The predicted molar refractivity (Wildman–Crippen MR) is 157 cm³/mol. The second kappa shape index (κ2) is 11.0. The van der Waals surface area contributed by atoms with Crippen molar-refractivity contribution in [3.8, 4) is 5.69 Å². The number of pyridine rings is 1. The Morgan fingerprint density at radius 2 is 1.84 bits per heavy atom. The van der Waals surface area contributed by atoms with E-state index in [4.69, 9.17) is 23.8 Å². The zero-order valence-electron chi connectivity index (χ0n) is 21.6. The van der Waals surface area contributed by atoms with Crippen molar-refractivity contribution in [1.82, 2.24) is 19.8 Å². The van der Waals surface area contributed by atoms with Crippen molar-refractivity contribution in [2.24, 2.45) is 0 Å². The van der Waals surface area contributed by atoms with Gasteiger partial charge in [-0.1, -0.05) is 41.9 Å². The number of nitrogens with one attached hydrogen (secondary N) is 2. The molecule has 2 atom stereocenters. The molecule has 1 aliphatic heterocycles. The van der Waals surface area contributed by atoms with E-state index in [-0.39, 0.29) is 18.0 Å². The highest BCUT2D eigenvalue weighted by atomic mass is 35.5. The van der Waals surface area contributed by atoms with Crippen molar-refractivity contribution in [1.29, 1.82) is 0 Å². The first-order chi connectivity index (χ1) is 18.3. The molecule has 4 aromatic rings. The predicted octanol–water partition coefficient (Wildman–Crippen LogP) is 6.45. The number of hydrogen-bond acceptors (Lipinski definition) is 3. The number of aryl methyl sites for hydroxylation is 2. The second-order valence-electron chi connectivity index (χ2n) is 9.60. The molecule has 1 saturated heterocycles. The Hall–Kier alpha value is -3.68. The summed E-state index contributed by atoms with van der Waals surface area (Å²) in [6.45, 7) is 6.65. The Balaban J connectivity index is 1.48. The van der Waals surface area contributed by atoms with E-state index in [0.717, 1.165) is 39.6 Å². The van der Waals surface area contributed by atoms with E-state index in [0.29, 0.717) is 23.1 Å². The van der Waals surface area contributed by atoms with Crippen molar-refractivity contribution in [3.63, 3.8) is 0 Å². The van der Waals surface area contributed by atoms with E-state index in [1.807, 2.05) is 73.7 Å². The minimum Gasteiger partial charge on any atom is -0.352 e. The molecular formula is C30H30ClN5OS. The number of nitrogens with zero attached hydrogens (tertiary/aromatic N) is 3. The van der Waals surface area contributed by atoms with Gasteiger partial charge in [-0.2, -0.15) is 0 Å². The molecule has 1 amide bonds. The van der Waals surface area contributed by atoms with E-state index >= 15 is 0 Å². The minimum atomic E-state index is -0.163. The lowest BCUT2D eigenvalue weighted by Gasteiger charge is -2.28. The highest BCUT2D eigenvalue weighted by Gasteiger charge is 2.41. The number of thiocarbonyl (C=S) groups is 1. The first-order valence-corrected chi connectivity index (χ1v) is 13.4. The number of aromatic nitrogens is 2. The fourth-order valence-corrected chi connectivity index (χ4v) is 5.80. The number of benzene rings is 2. The molecule has 6 nitrogen and oxygen atoms in total. The molecule has 5 rings (SSSR count). The van der Waals surface area contributed by atoms with Crippen LogP contribution >= 0.6 is 23.8 Å². The molecule has 1 fully saturated rings. The molecule has 2 aromatic heterocycles. The number of halogens is 1. The summed E-state index contributed by atoms with van der Waals surface area (Å²) in [6.07, 6.45) is 2.09. The Morgan fingerprint density at radius 1 is 1.05 bits per heavy atom. The average Bonchev–Trinajstić information content (AvgIpc) is 3.38. The van der Waals surface area contributed by atoms with E-state index in [1.165, 1.54) is 0 Å². The number of carbonyl (C=O) groups excluding carboxylic acids is 1. The summed E-state index contributed by atoms with van der Waals surface area (Å²) >= 11 is 12.4. The topological polar surface area (TPSA) is 62.2 Å². The Labute approximate surface area is 233 Å². The summed E-state index contributed by atoms with van der Waals surface area (Å²) in [7, 11) is 0. The van der Waals surface area contributed by atoms with Crippen LogP contribution in [0.25, 0.3) is 5.69 Å². The van der Waals surface area contributed by atoms with Gasteiger partial charge in [0.25, 0.3) is 0 Å². The average molecular weight is 544 g/mol. The Morgan fingerprint density at radius 3 is 2.58 bits per heavy atom. The van der Waals surface area contributed by atoms with Crippen LogP contribution in [-0.2, 0) is 4.79 Å². The normalized spacial score (nSPS) is 16.9. The molecule has 2 aromatic carbocycles. The number of para-hydroxylation sites is 1. The first-order valence-electron chi connectivity index (χ1n) is 12.6. The summed E-state index contributed by atoms with van der Waals surface area (Å²) in [5, 5.41) is 7.79. The number of rotatable bonds is 7. The Kier molecular flexibility index (Phi) is 7.49. The number of hydrogen-bond donors (Lipinski definition) is 2. The monoisotopic (exact) mass is 543 g/mol. The highest BCUT2D eigenvalue weighted by molar-refractivity contribution is 7.80. The van der Waals surface area contributed by atoms with Crippen molar-refractivity contribution < 1.29 is 4.79 Å². The zero-order valence-corrected chi connectivity index (χ0v) is 23.2. The van der Waals surface area contributed by atoms with E-state index in [9.17, 15) is 4.79 Å². The summed E-state index contributed by atoms with van der Waals surface area (Å²) in [4.78, 5) is 19.7. The lowest BCUT2D eigenvalue weighted by molar-refractivity contribution is -0.116. The number of amides is 1. The van der Waals surface area contributed by atoms with Crippen molar-refractivity contribution >= 4 is 40.5 Å². The van der Waals surface area contributed by atoms with Crippen LogP contribution in [0.5, 0.6) is 0 Å². The van der Waals surface area contributed by atoms with Crippen molar-refractivity contribution in [2.45, 2.75) is 39.3 Å². The standard InChI is InChI=1S/C30H30ClN5OS/c1-19-9-8-10-22(17-19)33-27(37)14-16-35-29(28(34-30(35)38)25-12-6-7-15-32-25)23-18-20(2)36(21(23)3)26-13-5-4-11-24(26)31/h4-13,15,17-18,28-29H,14,16H2,1-3H3,(H,33,37)(H,34,38)/t28-,29+/m1/s1. The van der Waals surface area contributed by atoms with Gasteiger partial charge in [-0.15, -0.1) is 0 Å². The first kappa shape index (κ1) is 25.9. The van der Waals surface area contributed by atoms with Crippen LogP contribution < -0.4 is 10.6 Å². The molecule has 2 N–H and O–H groups in total. The van der Waals surface area contributed by atoms with E-state index in [2.05, 4.69) is 45.0 Å². The summed E-state index contributed by atoms with van der Waals surface area (Å²) in [6, 6.07) is 23.4. The van der Waals surface area contributed by atoms with Gasteiger partial charge in [-0.25, -0.2) is 0 Å². The lowest BCUT2D eigenvalue weighted by atomic mass is 9.96. The lowest BCUT2D eigenvalue weighted by Crippen LogP contribution is -2.32. The quantitative estimate of drug-likeness (QED) is 0.262. The molecule has 0 spiro atoms. The molecule has 0 radical (unpaired) electrons. The van der Waals surface area contributed by atoms with Crippen LogP contribution in [-0.4, -0.2) is 32.0 Å². The van der Waals surface area contributed by atoms with Crippen molar-refractivity contribution in [3.05, 3.63) is 112 Å². The molecule has 194 valence electrons. The summed E-state index contributed by atoms with van der Waals surface area (Å²) in [5.74, 6) is -0.0556. The maximum Gasteiger partial charge on any atom is 0.226 e. The van der Waals surface area contributed by atoms with Crippen LogP contribution in [0.2, 0.25) is 5.02 Å². The van der Waals surface area contributed by atoms with Crippen LogP contribution in [0.4, 0.5) is 5.69 Å². The van der Waals surface area contributed by atoms with Crippen LogP contribution in [0.3, 0.4) is 0 Å². The van der Waals surface area contributed by atoms with Gasteiger partial charge in [0.2, 0.25) is 5.91 Å². The molecular weight excluding hydrogens is 514 g/mol. The maximum atomic E-state index is 12.9. The van der Waals surface area contributed by atoms with Gasteiger partial charge in [0.15, 0.2) is 5.11 Å². The highest BCUT2D eigenvalue weighted by Crippen LogP contribution is 2.41. The molecule has 0 aliphatic carbocycles. The SMILES string of the molecule is Cc1cccc(NC(=O)CCN2C(=S)N[C@H](c3ccccn3)[C@@H]2c2cc(C)n(-c3ccccc3Cl)c2C)c1. The summed E-state index contributed by atoms with van der Waals surface area (Å²) < 4.78 is 2.18. The molecule has 1 aliphatic rings. The van der Waals surface area contributed by atoms with Crippen LogP contribution in [0.1, 0.15) is 46.7 Å². The third-order valence-corrected chi connectivity index (χ3v) is 7.63. The van der Waals surface area contributed by atoms with Crippen LogP contribution in [0, 0.1) is 20.8 Å². The van der Waals surface area contributed by atoms with E-state index in [1.54, 1.807) is 6.20 Å². The fraction of sp³-hybridized carbons (Fsp3) is 0.233. The molecule has 3 heterocycles. The van der Waals surface area contributed by atoms with Gasteiger partial charge in [-0.05, 0) is 86.6 Å². The number of anilines is 1. The van der Waals surface area contributed by atoms with E-state index < -0.39 is 0 Å². The van der Waals surface area contributed by atoms with Gasteiger partial charge in [0, 0.05) is 36.2 Å². The fourth-order valence-electron chi connectivity index (χ4n) is 5.24.